The van der Waals surface area contributed by atoms with Gasteiger partial charge in [0.1, 0.15) is 0 Å². The zero-order chi connectivity index (χ0) is 16.1. The highest BCUT2D eigenvalue weighted by molar-refractivity contribution is 7.99. The van der Waals surface area contributed by atoms with Crippen LogP contribution in [0.3, 0.4) is 0 Å². The van der Waals surface area contributed by atoms with Crippen molar-refractivity contribution in [1.82, 2.24) is 10.2 Å². The molecule has 0 saturated carbocycles. The first-order valence-electron chi connectivity index (χ1n) is 9.05. The van der Waals surface area contributed by atoms with Gasteiger partial charge in [-0.25, -0.2) is 0 Å². The van der Waals surface area contributed by atoms with Gasteiger partial charge in [-0.05, 0) is 37.9 Å². The van der Waals surface area contributed by atoms with Crippen molar-refractivity contribution in [2.45, 2.75) is 82.8 Å². The highest BCUT2D eigenvalue weighted by Gasteiger charge is 2.39. The van der Waals surface area contributed by atoms with Crippen molar-refractivity contribution >= 4 is 11.8 Å². The summed E-state index contributed by atoms with van der Waals surface area (Å²) in [6.45, 7) is 8.24. The number of thioether (sulfide) groups is 1. The highest BCUT2D eigenvalue weighted by atomic mass is 32.2. The van der Waals surface area contributed by atoms with Crippen LogP contribution in [0.25, 0.3) is 0 Å². The van der Waals surface area contributed by atoms with E-state index in [9.17, 15) is 0 Å². The van der Waals surface area contributed by atoms with Crippen LogP contribution in [-0.4, -0.2) is 41.2 Å². The Balaban J connectivity index is 2.04. The van der Waals surface area contributed by atoms with E-state index in [0.29, 0.717) is 23.5 Å². The van der Waals surface area contributed by atoms with Crippen LogP contribution in [0.5, 0.6) is 0 Å². The molecule has 5 atom stereocenters. The lowest BCUT2D eigenvalue weighted by atomic mass is 9.94. The van der Waals surface area contributed by atoms with Crippen molar-refractivity contribution in [2.24, 2.45) is 11.7 Å². The number of rotatable bonds is 8. The fraction of sp³-hybridized carbons (Fsp3) is 0.889. The second-order valence-corrected chi connectivity index (χ2v) is 8.57. The van der Waals surface area contributed by atoms with Crippen molar-refractivity contribution in [1.29, 1.82) is 0 Å². The van der Waals surface area contributed by atoms with Crippen LogP contribution in [-0.2, 0) is 0 Å². The van der Waals surface area contributed by atoms with E-state index in [1.54, 1.807) is 0 Å². The molecule has 1 saturated heterocycles. The number of hydrogen-bond acceptors (Lipinski definition) is 4. The van der Waals surface area contributed by atoms with Crippen LogP contribution < -0.4 is 11.1 Å². The maximum absolute atomic E-state index is 6.23. The van der Waals surface area contributed by atoms with E-state index in [1.807, 2.05) is 11.8 Å². The number of nitrogens with one attached hydrogen (secondary N) is 1. The number of nitrogens with two attached hydrogens (primary N) is 1. The molecular weight excluding hydrogens is 290 g/mol. The summed E-state index contributed by atoms with van der Waals surface area (Å²) in [4.78, 5) is 2.72. The number of nitrogens with zero attached hydrogens (tertiary/aromatic N) is 1. The minimum Gasteiger partial charge on any atom is -0.372 e. The molecular formula is C18H35N3S. The minimum atomic E-state index is 0.334. The summed E-state index contributed by atoms with van der Waals surface area (Å²) in [5.41, 5.74) is 7.68. The average molecular weight is 326 g/mol. The minimum absolute atomic E-state index is 0.334. The normalized spacial score (nSPS) is 31.3. The zero-order valence-electron chi connectivity index (χ0n) is 14.8. The van der Waals surface area contributed by atoms with Crippen molar-refractivity contribution in [3.8, 4) is 0 Å². The van der Waals surface area contributed by atoms with Gasteiger partial charge in [-0.1, -0.05) is 39.7 Å². The molecule has 3 nitrogen and oxygen atoms in total. The number of fused-ring (bicyclic) bond motifs is 1. The lowest BCUT2D eigenvalue weighted by Gasteiger charge is -2.34. The summed E-state index contributed by atoms with van der Waals surface area (Å²) < 4.78 is 0. The van der Waals surface area contributed by atoms with Gasteiger partial charge in [0.25, 0.3) is 0 Å². The van der Waals surface area contributed by atoms with E-state index in [0.717, 1.165) is 18.8 Å². The standard InChI is InChI=1S/C18H35N3S/c1-5-6-7-13(2)12-21-17-11-15(19)8-9-16(17)20-18(21)10-14(3)22-4/h9,13-15,17-18,20H,5-8,10-12,19H2,1-4H3/t13?,14?,15?,17?,18-/m1/s1. The van der Waals surface area contributed by atoms with Crippen LogP contribution in [0.15, 0.2) is 11.8 Å². The first-order chi connectivity index (χ1) is 10.5. The Morgan fingerprint density at radius 3 is 2.91 bits per heavy atom. The summed E-state index contributed by atoms with van der Waals surface area (Å²) >= 11 is 1.97. The average Bonchev–Trinajstić information content (AvgIpc) is 2.82. The van der Waals surface area contributed by atoms with E-state index >= 15 is 0 Å². The molecule has 0 aromatic rings. The second-order valence-electron chi connectivity index (χ2n) is 7.29. The fourth-order valence-corrected chi connectivity index (χ4v) is 4.12. The Hall–Kier alpha value is -0.190. The van der Waals surface area contributed by atoms with Gasteiger partial charge >= 0.3 is 0 Å². The van der Waals surface area contributed by atoms with Crippen molar-refractivity contribution in [3.05, 3.63) is 11.8 Å². The molecule has 0 aromatic carbocycles. The molecule has 2 aliphatic rings. The van der Waals surface area contributed by atoms with Gasteiger partial charge in [0.05, 0.1) is 12.2 Å². The van der Waals surface area contributed by atoms with Crippen molar-refractivity contribution in [3.63, 3.8) is 0 Å². The lowest BCUT2D eigenvalue weighted by molar-refractivity contribution is 0.144. The SMILES string of the molecule is CCCCC(C)CN1C2CC(N)CC=C2N[C@H]1CC(C)SC. The molecule has 1 aliphatic carbocycles. The predicted octanol–water partition coefficient (Wildman–Crippen LogP) is 3.56. The van der Waals surface area contributed by atoms with Crippen LogP contribution >= 0.6 is 11.8 Å². The van der Waals surface area contributed by atoms with Crippen LogP contribution in [0.1, 0.15) is 59.3 Å². The van der Waals surface area contributed by atoms with E-state index < -0.39 is 0 Å². The molecule has 1 fully saturated rings. The highest BCUT2D eigenvalue weighted by Crippen LogP contribution is 2.32. The van der Waals surface area contributed by atoms with Gasteiger partial charge in [-0.15, -0.1) is 0 Å². The van der Waals surface area contributed by atoms with Gasteiger partial charge in [0, 0.05) is 23.5 Å². The summed E-state index contributed by atoms with van der Waals surface area (Å²) in [5.74, 6) is 0.770. The van der Waals surface area contributed by atoms with Gasteiger partial charge in [0.15, 0.2) is 0 Å². The lowest BCUT2D eigenvalue weighted by Crippen LogP contribution is -2.45. The molecule has 2 rings (SSSR count). The maximum atomic E-state index is 6.23. The molecule has 4 unspecified atom stereocenters. The van der Waals surface area contributed by atoms with Crippen LogP contribution in [0.2, 0.25) is 0 Å². The molecule has 0 radical (unpaired) electrons. The molecule has 0 spiro atoms. The Morgan fingerprint density at radius 1 is 1.45 bits per heavy atom. The maximum Gasteiger partial charge on any atom is 0.0807 e. The molecule has 22 heavy (non-hydrogen) atoms. The number of hydrogen-bond donors (Lipinski definition) is 2. The van der Waals surface area contributed by atoms with E-state index in [2.05, 4.69) is 43.3 Å². The smallest absolute Gasteiger partial charge is 0.0807 e. The first-order valence-corrected chi connectivity index (χ1v) is 10.3. The molecule has 4 heteroatoms. The third-order valence-corrected chi connectivity index (χ3v) is 6.19. The fourth-order valence-electron chi connectivity index (χ4n) is 3.75. The zero-order valence-corrected chi connectivity index (χ0v) is 15.7. The van der Waals surface area contributed by atoms with E-state index in [1.165, 1.54) is 37.9 Å². The van der Waals surface area contributed by atoms with Gasteiger partial charge in [-0.3, -0.25) is 4.90 Å². The van der Waals surface area contributed by atoms with E-state index in [4.69, 9.17) is 5.73 Å². The molecule has 0 bridgehead atoms. The van der Waals surface area contributed by atoms with Crippen molar-refractivity contribution in [2.75, 3.05) is 12.8 Å². The topological polar surface area (TPSA) is 41.3 Å². The summed E-state index contributed by atoms with van der Waals surface area (Å²) in [6, 6.07) is 0.868. The summed E-state index contributed by atoms with van der Waals surface area (Å²) in [5, 5.41) is 4.50. The molecule has 0 amide bonds. The number of unbranched alkanes of at least 4 members (excludes halogenated alkanes) is 1. The predicted molar refractivity (Wildman–Crippen MR) is 99.0 cm³/mol. The van der Waals surface area contributed by atoms with E-state index in [-0.39, 0.29) is 0 Å². The molecule has 0 aromatic heterocycles. The van der Waals surface area contributed by atoms with Crippen LogP contribution in [0.4, 0.5) is 0 Å². The van der Waals surface area contributed by atoms with Crippen molar-refractivity contribution < 1.29 is 0 Å². The third kappa shape index (κ3) is 4.65. The van der Waals surface area contributed by atoms with Crippen LogP contribution in [0, 0.1) is 5.92 Å². The van der Waals surface area contributed by atoms with Gasteiger partial charge < -0.3 is 11.1 Å². The quantitative estimate of drug-likeness (QED) is 0.716. The summed E-state index contributed by atoms with van der Waals surface area (Å²) in [7, 11) is 0. The largest absolute Gasteiger partial charge is 0.372 e. The molecule has 128 valence electrons. The Bertz CT molecular complexity index is 371. The third-order valence-electron chi connectivity index (χ3n) is 5.19. The van der Waals surface area contributed by atoms with Gasteiger partial charge in [-0.2, -0.15) is 11.8 Å². The Kier molecular flexibility index (Phi) is 7.10. The Labute approximate surface area is 141 Å². The molecule has 1 aliphatic heterocycles. The molecule has 3 N–H and O–H groups in total. The van der Waals surface area contributed by atoms with Gasteiger partial charge in [0.2, 0.25) is 0 Å². The second kappa shape index (κ2) is 8.60. The Morgan fingerprint density at radius 2 is 2.23 bits per heavy atom. The first kappa shape index (κ1) is 18.2. The summed E-state index contributed by atoms with van der Waals surface area (Å²) in [6.07, 6.45) is 12.4. The molecule has 1 heterocycles. The monoisotopic (exact) mass is 325 g/mol.